The van der Waals surface area contributed by atoms with Crippen LogP contribution in [0.4, 0.5) is 0 Å². The Balaban J connectivity index is 2.69. The SMILES string of the molecule is CC(N)Cc1[nH]c(=O)nc2ccc(Br)cc12. The van der Waals surface area contributed by atoms with Gasteiger partial charge in [0.1, 0.15) is 0 Å². The molecule has 1 heterocycles. The van der Waals surface area contributed by atoms with E-state index in [4.69, 9.17) is 5.73 Å². The van der Waals surface area contributed by atoms with E-state index in [2.05, 4.69) is 25.9 Å². The van der Waals surface area contributed by atoms with Gasteiger partial charge in [-0.05, 0) is 25.1 Å². The Labute approximate surface area is 101 Å². The van der Waals surface area contributed by atoms with E-state index in [0.717, 1.165) is 15.6 Å². The number of fused-ring (bicyclic) bond motifs is 1. The molecule has 0 aliphatic carbocycles. The van der Waals surface area contributed by atoms with E-state index in [-0.39, 0.29) is 11.7 Å². The van der Waals surface area contributed by atoms with Gasteiger partial charge in [-0.25, -0.2) is 4.79 Å². The number of hydrogen-bond donors (Lipinski definition) is 2. The molecule has 0 bridgehead atoms. The molecule has 4 nitrogen and oxygen atoms in total. The van der Waals surface area contributed by atoms with Gasteiger partial charge in [0.15, 0.2) is 0 Å². The average Bonchev–Trinajstić information content (AvgIpc) is 2.18. The molecule has 2 aromatic rings. The molecule has 0 aliphatic heterocycles. The Morgan fingerprint density at radius 3 is 3.00 bits per heavy atom. The van der Waals surface area contributed by atoms with Crippen LogP contribution in [0.2, 0.25) is 0 Å². The quantitative estimate of drug-likeness (QED) is 0.878. The smallest absolute Gasteiger partial charge is 0.328 e. The number of nitrogens with zero attached hydrogens (tertiary/aromatic N) is 1. The third kappa shape index (κ3) is 2.31. The molecular weight excluding hydrogens is 270 g/mol. The molecule has 84 valence electrons. The summed E-state index contributed by atoms with van der Waals surface area (Å²) < 4.78 is 0.958. The maximum absolute atomic E-state index is 11.4. The molecule has 2 rings (SSSR count). The molecule has 0 fully saturated rings. The minimum absolute atomic E-state index is 0.000214. The van der Waals surface area contributed by atoms with Gasteiger partial charge in [0.05, 0.1) is 5.52 Å². The molecular formula is C11H12BrN3O. The molecule has 0 radical (unpaired) electrons. The Bertz CT molecular complexity index is 577. The van der Waals surface area contributed by atoms with Gasteiger partial charge < -0.3 is 10.7 Å². The zero-order valence-corrected chi connectivity index (χ0v) is 10.4. The van der Waals surface area contributed by atoms with Gasteiger partial charge in [-0.1, -0.05) is 15.9 Å². The molecule has 1 atom stereocenters. The fraction of sp³-hybridized carbons (Fsp3) is 0.273. The number of halogens is 1. The summed E-state index contributed by atoms with van der Waals surface area (Å²) in [5.41, 5.74) is 6.96. The fourth-order valence-electron chi connectivity index (χ4n) is 1.66. The summed E-state index contributed by atoms with van der Waals surface area (Å²) in [7, 11) is 0. The van der Waals surface area contributed by atoms with Crippen LogP contribution in [0.3, 0.4) is 0 Å². The second-order valence-electron chi connectivity index (χ2n) is 3.86. The zero-order chi connectivity index (χ0) is 11.7. The van der Waals surface area contributed by atoms with Gasteiger partial charge in [-0.2, -0.15) is 4.98 Å². The van der Waals surface area contributed by atoms with Gasteiger partial charge in [-0.15, -0.1) is 0 Å². The van der Waals surface area contributed by atoms with Gasteiger partial charge in [0.2, 0.25) is 0 Å². The second-order valence-corrected chi connectivity index (χ2v) is 4.78. The highest BCUT2D eigenvalue weighted by Crippen LogP contribution is 2.19. The van der Waals surface area contributed by atoms with Crippen molar-refractivity contribution >= 4 is 26.8 Å². The molecule has 3 N–H and O–H groups in total. The summed E-state index contributed by atoms with van der Waals surface area (Å²) in [4.78, 5) is 18.0. The summed E-state index contributed by atoms with van der Waals surface area (Å²) in [6.45, 7) is 1.91. The normalized spacial score (nSPS) is 12.9. The van der Waals surface area contributed by atoms with Crippen LogP contribution in [-0.4, -0.2) is 16.0 Å². The van der Waals surface area contributed by atoms with Crippen LogP contribution < -0.4 is 11.4 Å². The highest BCUT2D eigenvalue weighted by molar-refractivity contribution is 9.10. The van der Waals surface area contributed by atoms with E-state index < -0.39 is 0 Å². The Morgan fingerprint density at radius 1 is 1.56 bits per heavy atom. The molecule has 1 aromatic heterocycles. The van der Waals surface area contributed by atoms with Gasteiger partial charge in [0.25, 0.3) is 0 Å². The molecule has 16 heavy (non-hydrogen) atoms. The Kier molecular flexibility index (Phi) is 3.07. The van der Waals surface area contributed by atoms with Gasteiger partial charge >= 0.3 is 5.69 Å². The van der Waals surface area contributed by atoms with E-state index in [9.17, 15) is 4.79 Å². The number of hydrogen-bond acceptors (Lipinski definition) is 3. The number of rotatable bonds is 2. The van der Waals surface area contributed by atoms with Crippen LogP contribution in [0.25, 0.3) is 10.9 Å². The van der Waals surface area contributed by atoms with Crippen molar-refractivity contribution < 1.29 is 0 Å². The summed E-state index contributed by atoms with van der Waals surface area (Å²) in [6.07, 6.45) is 0.630. The van der Waals surface area contributed by atoms with Crippen LogP contribution in [0.15, 0.2) is 27.5 Å². The molecule has 5 heteroatoms. The largest absolute Gasteiger partial charge is 0.345 e. The first-order chi connectivity index (χ1) is 7.56. The van der Waals surface area contributed by atoms with Crippen molar-refractivity contribution in [1.82, 2.24) is 9.97 Å². The van der Waals surface area contributed by atoms with Gasteiger partial charge in [-0.3, -0.25) is 0 Å². The predicted molar refractivity (Wildman–Crippen MR) is 67.4 cm³/mol. The second kappa shape index (κ2) is 4.35. The van der Waals surface area contributed by atoms with Crippen molar-refractivity contribution in [1.29, 1.82) is 0 Å². The lowest BCUT2D eigenvalue weighted by molar-refractivity contribution is 0.722. The summed E-state index contributed by atoms with van der Waals surface area (Å²) in [5, 5.41) is 0.936. The number of benzene rings is 1. The molecule has 1 unspecified atom stereocenters. The van der Waals surface area contributed by atoms with E-state index in [0.29, 0.717) is 11.9 Å². The Morgan fingerprint density at radius 2 is 2.31 bits per heavy atom. The van der Waals surface area contributed by atoms with E-state index in [1.165, 1.54) is 0 Å². The number of nitrogens with one attached hydrogen (secondary N) is 1. The van der Waals surface area contributed by atoms with Crippen LogP contribution in [0, 0.1) is 0 Å². The lowest BCUT2D eigenvalue weighted by Gasteiger charge is -2.08. The van der Waals surface area contributed by atoms with Crippen LogP contribution in [0.5, 0.6) is 0 Å². The van der Waals surface area contributed by atoms with Crippen molar-refractivity contribution in [3.63, 3.8) is 0 Å². The lowest BCUT2D eigenvalue weighted by atomic mass is 10.1. The monoisotopic (exact) mass is 281 g/mol. The maximum atomic E-state index is 11.4. The van der Waals surface area contributed by atoms with Crippen molar-refractivity contribution in [2.24, 2.45) is 5.73 Å². The number of H-pyrrole nitrogens is 1. The summed E-state index contributed by atoms with van der Waals surface area (Å²) in [5.74, 6) is 0. The fourth-order valence-corrected chi connectivity index (χ4v) is 2.03. The molecule has 1 aromatic carbocycles. The standard InChI is InChI=1S/C11H12BrN3O/c1-6(13)4-10-8-5-7(12)2-3-9(8)14-11(16)15-10/h2-3,5-6H,4,13H2,1H3,(H,14,15,16). The summed E-state index contributed by atoms with van der Waals surface area (Å²) in [6, 6.07) is 5.62. The lowest BCUT2D eigenvalue weighted by Crippen LogP contribution is -2.22. The first-order valence-corrected chi connectivity index (χ1v) is 5.79. The van der Waals surface area contributed by atoms with Crippen molar-refractivity contribution in [2.45, 2.75) is 19.4 Å². The molecule has 0 spiro atoms. The molecule has 0 saturated heterocycles. The van der Waals surface area contributed by atoms with E-state index >= 15 is 0 Å². The van der Waals surface area contributed by atoms with Crippen molar-refractivity contribution in [3.05, 3.63) is 38.9 Å². The highest BCUT2D eigenvalue weighted by atomic mass is 79.9. The minimum Gasteiger partial charge on any atom is -0.328 e. The number of nitrogens with two attached hydrogens (primary N) is 1. The molecule has 0 aliphatic rings. The Hall–Kier alpha value is -1.20. The van der Waals surface area contributed by atoms with E-state index in [1.807, 2.05) is 25.1 Å². The summed E-state index contributed by atoms with van der Waals surface area (Å²) >= 11 is 3.40. The predicted octanol–water partition coefficient (Wildman–Crippen LogP) is 1.58. The van der Waals surface area contributed by atoms with Crippen LogP contribution in [-0.2, 0) is 6.42 Å². The topological polar surface area (TPSA) is 71.8 Å². The third-order valence-corrected chi connectivity index (χ3v) is 2.78. The van der Waals surface area contributed by atoms with Gasteiger partial charge in [0, 0.05) is 28.0 Å². The zero-order valence-electron chi connectivity index (χ0n) is 8.83. The number of aromatic amines is 1. The highest BCUT2D eigenvalue weighted by Gasteiger charge is 2.07. The average molecular weight is 282 g/mol. The van der Waals surface area contributed by atoms with Crippen molar-refractivity contribution in [3.8, 4) is 0 Å². The minimum atomic E-state index is -0.328. The van der Waals surface area contributed by atoms with Crippen LogP contribution >= 0.6 is 15.9 Å². The van der Waals surface area contributed by atoms with Crippen molar-refractivity contribution in [2.75, 3.05) is 0 Å². The molecule has 0 saturated carbocycles. The van der Waals surface area contributed by atoms with Crippen LogP contribution in [0.1, 0.15) is 12.6 Å². The third-order valence-electron chi connectivity index (χ3n) is 2.29. The van der Waals surface area contributed by atoms with E-state index in [1.54, 1.807) is 0 Å². The first kappa shape index (κ1) is 11.3. The molecule has 0 amide bonds. The first-order valence-electron chi connectivity index (χ1n) is 5.00. The number of aromatic nitrogens is 2. The maximum Gasteiger partial charge on any atom is 0.345 e.